The van der Waals surface area contributed by atoms with Crippen LogP contribution in [-0.2, 0) is 6.54 Å². The van der Waals surface area contributed by atoms with Gasteiger partial charge in [0.1, 0.15) is 5.75 Å². The first kappa shape index (κ1) is 16.9. The first-order valence-corrected chi connectivity index (χ1v) is 9.29. The van der Waals surface area contributed by atoms with Gasteiger partial charge in [-0.3, -0.25) is 10.00 Å². The summed E-state index contributed by atoms with van der Waals surface area (Å²) in [4.78, 5) is 2.47. The minimum Gasteiger partial charge on any atom is -0.508 e. The van der Waals surface area contributed by atoms with Crippen molar-refractivity contribution in [1.29, 1.82) is 0 Å². The molecule has 26 heavy (non-hydrogen) atoms. The van der Waals surface area contributed by atoms with E-state index in [1.807, 2.05) is 18.3 Å². The van der Waals surface area contributed by atoms with Crippen LogP contribution in [0, 0.1) is 6.92 Å². The summed E-state index contributed by atoms with van der Waals surface area (Å²) in [6.45, 7) is 5.09. The van der Waals surface area contributed by atoms with Crippen LogP contribution in [0.15, 0.2) is 54.7 Å². The Balaban J connectivity index is 1.52. The summed E-state index contributed by atoms with van der Waals surface area (Å²) in [6.07, 6.45) is 4.31. The highest BCUT2D eigenvalue weighted by Crippen LogP contribution is 2.33. The lowest BCUT2D eigenvalue weighted by molar-refractivity contribution is 0.198. The molecule has 0 amide bonds. The minimum absolute atomic E-state index is 0.339. The number of aromatic amines is 1. The molecule has 3 aromatic rings. The van der Waals surface area contributed by atoms with E-state index in [0.717, 1.165) is 25.2 Å². The number of nitrogens with one attached hydrogen (secondary N) is 1. The standard InChI is InChI=1S/C22H25N3O/c1-16-7-9-18(10-8-16)21-13-23-24-22(21)19-5-3-11-25(15-19)14-17-4-2-6-20(26)12-17/h2,4,6-10,12-13,19,26H,3,5,11,14-15H2,1H3,(H,23,24)/t19-/m1/s1. The van der Waals surface area contributed by atoms with Crippen LogP contribution < -0.4 is 0 Å². The zero-order valence-electron chi connectivity index (χ0n) is 15.2. The summed E-state index contributed by atoms with van der Waals surface area (Å²) < 4.78 is 0. The van der Waals surface area contributed by atoms with E-state index < -0.39 is 0 Å². The third kappa shape index (κ3) is 3.65. The number of aryl methyl sites for hydroxylation is 1. The van der Waals surface area contributed by atoms with Crippen LogP contribution in [0.1, 0.15) is 35.6 Å². The quantitative estimate of drug-likeness (QED) is 0.732. The predicted octanol–water partition coefficient (Wildman–Crippen LogP) is 4.47. The van der Waals surface area contributed by atoms with Crippen LogP contribution >= 0.6 is 0 Å². The topological polar surface area (TPSA) is 52.2 Å². The van der Waals surface area contributed by atoms with Crippen LogP contribution in [0.5, 0.6) is 5.75 Å². The normalized spacial score (nSPS) is 18.1. The Morgan fingerprint density at radius 3 is 2.85 bits per heavy atom. The smallest absolute Gasteiger partial charge is 0.115 e. The van der Waals surface area contributed by atoms with Gasteiger partial charge in [0.15, 0.2) is 0 Å². The van der Waals surface area contributed by atoms with E-state index in [1.165, 1.54) is 35.2 Å². The van der Waals surface area contributed by atoms with E-state index in [-0.39, 0.29) is 0 Å². The molecule has 2 heterocycles. The van der Waals surface area contributed by atoms with Crippen LogP contribution in [0.25, 0.3) is 11.1 Å². The molecule has 2 aromatic carbocycles. The van der Waals surface area contributed by atoms with Crippen molar-refractivity contribution in [3.8, 4) is 16.9 Å². The third-order valence-electron chi connectivity index (χ3n) is 5.26. The third-order valence-corrected chi connectivity index (χ3v) is 5.26. The van der Waals surface area contributed by atoms with E-state index in [1.54, 1.807) is 6.07 Å². The summed E-state index contributed by atoms with van der Waals surface area (Å²) in [5.74, 6) is 0.797. The van der Waals surface area contributed by atoms with Gasteiger partial charge in [-0.25, -0.2) is 0 Å². The molecule has 0 saturated carbocycles. The number of phenolic OH excluding ortho intramolecular Hbond substituents is 1. The Morgan fingerprint density at radius 2 is 2.04 bits per heavy atom. The van der Waals surface area contributed by atoms with Gasteiger partial charge in [0.2, 0.25) is 0 Å². The molecule has 4 heteroatoms. The number of hydrogen-bond donors (Lipinski definition) is 2. The van der Waals surface area contributed by atoms with Gasteiger partial charge in [0, 0.05) is 30.3 Å². The molecule has 1 fully saturated rings. The summed E-state index contributed by atoms with van der Waals surface area (Å²) in [6, 6.07) is 16.2. The number of phenols is 1. The van der Waals surface area contributed by atoms with Gasteiger partial charge in [-0.15, -0.1) is 0 Å². The Bertz CT molecular complexity index is 869. The molecule has 0 radical (unpaired) electrons. The second-order valence-electron chi connectivity index (χ2n) is 7.31. The lowest BCUT2D eigenvalue weighted by Gasteiger charge is -2.32. The number of rotatable bonds is 4. The van der Waals surface area contributed by atoms with E-state index in [9.17, 15) is 5.11 Å². The van der Waals surface area contributed by atoms with Gasteiger partial charge in [-0.2, -0.15) is 5.10 Å². The molecular weight excluding hydrogens is 322 g/mol. The number of piperidine rings is 1. The molecular formula is C22H25N3O. The predicted molar refractivity (Wildman–Crippen MR) is 104 cm³/mol. The molecule has 4 rings (SSSR count). The first-order chi connectivity index (χ1) is 12.7. The van der Waals surface area contributed by atoms with Gasteiger partial charge in [0.25, 0.3) is 0 Å². The maximum Gasteiger partial charge on any atom is 0.115 e. The summed E-state index contributed by atoms with van der Waals surface area (Å²) in [5.41, 5.74) is 6.12. The van der Waals surface area contributed by atoms with Crippen molar-refractivity contribution in [2.45, 2.75) is 32.2 Å². The highest BCUT2D eigenvalue weighted by Gasteiger charge is 2.25. The monoisotopic (exact) mass is 347 g/mol. The molecule has 1 aliphatic heterocycles. The number of benzene rings is 2. The number of likely N-dealkylation sites (tertiary alicyclic amines) is 1. The maximum absolute atomic E-state index is 9.69. The van der Waals surface area contributed by atoms with E-state index in [0.29, 0.717) is 11.7 Å². The van der Waals surface area contributed by atoms with Crippen molar-refractivity contribution in [3.63, 3.8) is 0 Å². The summed E-state index contributed by atoms with van der Waals surface area (Å²) in [5, 5.41) is 17.3. The Kier molecular flexibility index (Phi) is 4.76. The summed E-state index contributed by atoms with van der Waals surface area (Å²) in [7, 11) is 0. The molecule has 0 bridgehead atoms. The van der Waals surface area contributed by atoms with Crippen molar-refractivity contribution in [2.75, 3.05) is 13.1 Å². The lowest BCUT2D eigenvalue weighted by atomic mass is 9.90. The maximum atomic E-state index is 9.69. The highest BCUT2D eigenvalue weighted by molar-refractivity contribution is 5.66. The van der Waals surface area contributed by atoms with Crippen molar-refractivity contribution >= 4 is 0 Å². The number of nitrogens with zero attached hydrogens (tertiary/aromatic N) is 2. The Hall–Kier alpha value is -2.59. The molecule has 4 nitrogen and oxygen atoms in total. The second kappa shape index (κ2) is 7.34. The van der Waals surface area contributed by atoms with Crippen LogP contribution in [0.2, 0.25) is 0 Å². The molecule has 0 aliphatic carbocycles. The van der Waals surface area contributed by atoms with Crippen molar-refractivity contribution in [1.82, 2.24) is 15.1 Å². The molecule has 1 aliphatic rings. The molecule has 0 unspecified atom stereocenters. The zero-order valence-corrected chi connectivity index (χ0v) is 15.2. The van der Waals surface area contributed by atoms with Crippen molar-refractivity contribution < 1.29 is 5.11 Å². The molecule has 1 saturated heterocycles. The lowest BCUT2D eigenvalue weighted by Crippen LogP contribution is -2.34. The number of aromatic hydroxyl groups is 1. The fourth-order valence-electron chi connectivity index (χ4n) is 3.92. The Morgan fingerprint density at radius 1 is 1.19 bits per heavy atom. The van der Waals surface area contributed by atoms with E-state index >= 15 is 0 Å². The van der Waals surface area contributed by atoms with Crippen LogP contribution in [-0.4, -0.2) is 33.3 Å². The van der Waals surface area contributed by atoms with E-state index in [4.69, 9.17) is 0 Å². The second-order valence-corrected chi connectivity index (χ2v) is 7.31. The summed E-state index contributed by atoms with van der Waals surface area (Å²) >= 11 is 0. The van der Waals surface area contributed by atoms with E-state index in [2.05, 4.69) is 52.4 Å². The largest absolute Gasteiger partial charge is 0.508 e. The molecule has 134 valence electrons. The average molecular weight is 347 g/mol. The highest BCUT2D eigenvalue weighted by atomic mass is 16.3. The number of aromatic nitrogens is 2. The first-order valence-electron chi connectivity index (χ1n) is 9.29. The van der Waals surface area contributed by atoms with Gasteiger partial charge in [-0.05, 0) is 49.6 Å². The Labute approximate surface area is 154 Å². The fraction of sp³-hybridized carbons (Fsp3) is 0.318. The molecule has 1 aromatic heterocycles. The van der Waals surface area contributed by atoms with Gasteiger partial charge < -0.3 is 5.11 Å². The van der Waals surface area contributed by atoms with Crippen molar-refractivity contribution in [3.05, 3.63) is 71.5 Å². The fourth-order valence-corrected chi connectivity index (χ4v) is 3.92. The zero-order chi connectivity index (χ0) is 17.9. The molecule has 2 N–H and O–H groups in total. The average Bonchev–Trinajstić information content (AvgIpc) is 3.12. The van der Waals surface area contributed by atoms with Gasteiger partial charge >= 0.3 is 0 Å². The van der Waals surface area contributed by atoms with Crippen LogP contribution in [0.3, 0.4) is 0 Å². The van der Waals surface area contributed by atoms with Gasteiger partial charge in [0.05, 0.1) is 6.20 Å². The molecule has 0 spiro atoms. The number of hydrogen-bond acceptors (Lipinski definition) is 3. The van der Waals surface area contributed by atoms with Crippen molar-refractivity contribution in [2.24, 2.45) is 0 Å². The van der Waals surface area contributed by atoms with Crippen LogP contribution in [0.4, 0.5) is 0 Å². The molecule has 1 atom stereocenters. The minimum atomic E-state index is 0.339. The number of H-pyrrole nitrogens is 1. The SMILES string of the molecule is Cc1ccc(-c2cn[nH]c2[C@@H]2CCCN(Cc3cccc(O)c3)C2)cc1. The van der Waals surface area contributed by atoms with Gasteiger partial charge in [-0.1, -0.05) is 42.0 Å².